The number of fused-ring (bicyclic) bond motifs is 1. The van der Waals surface area contributed by atoms with E-state index >= 15 is 0 Å². The molecule has 0 bridgehead atoms. The molecule has 1 amide bonds. The van der Waals surface area contributed by atoms with E-state index in [1.165, 1.54) is 12.1 Å². The Morgan fingerprint density at radius 1 is 1.15 bits per heavy atom. The summed E-state index contributed by atoms with van der Waals surface area (Å²) in [6, 6.07) is 11.4. The Kier molecular flexibility index (Phi) is 2.95. The maximum absolute atomic E-state index is 14.1. The smallest absolute Gasteiger partial charge is 0.244 e. The Morgan fingerprint density at radius 2 is 1.95 bits per heavy atom. The molecule has 1 N–H and O–H groups in total. The summed E-state index contributed by atoms with van der Waals surface area (Å²) in [6.07, 6.45) is 0.587. The van der Waals surface area contributed by atoms with Gasteiger partial charge in [0.15, 0.2) is 0 Å². The van der Waals surface area contributed by atoms with Crippen molar-refractivity contribution in [3.8, 4) is 0 Å². The van der Waals surface area contributed by atoms with Crippen LogP contribution >= 0.6 is 0 Å². The molecule has 0 unspecified atom stereocenters. The molecule has 0 saturated carbocycles. The van der Waals surface area contributed by atoms with Gasteiger partial charge in [-0.25, -0.2) is 4.39 Å². The highest BCUT2D eigenvalue weighted by Crippen LogP contribution is 2.35. The Morgan fingerprint density at radius 3 is 2.70 bits per heavy atom. The van der Waals surface area contributed by atoms with Crippen molar-refractivity contribution in [3.63, 3.8) is 0 Å². The first-order valence-electron chi connectivity index (χ1n) is 6.10. The number of aldehydes is 1. The third-order valence-electron chi connectivity index (χ3n) is 3.17. The van der Waals surface area contributed by atoms with Gasteiger partial charge in [-0.2, -0.15) is 0 Å². The second kappa shape index (κ2) is 4.77. The van der Waals surface area contributed by atoms with Crippen LogP contribution in [0.2, 0.25) is 0 Å². The molecule has 0 aliphatic carbocycles. The highest BCUT2D eigenvalue weighted by molar-refractivity contribution is 6.03. The van der Waals surface area contributed by atoms with Crippen molar-refractivity contribution in [2.45, 2.75) is 0 Å². The molecule has 0 spiro atoms. The van der Waals surface area contributed by atoms with Crippen LogP contribution in [0, 0.1) is 5.82 Å². The van der Waals surface area contributed by atoms with Crippen LogP contribution in [0.25, 0.3) is 0 Å². The standard InChI is InChI=1S/C15H11FN2O2/c16-11-7-10(9-19)5-6-13(11)18-8-15(20)17-12-3-1-2-4-14(12)18/h1-7,9H,8H2,(H,17,20). The fraction of sp³-hybridized carbons (Fsp3) is 0.0667. The summed E-state index contributed by atoms with van der Waals surface area (Å²) in [7, 11) is 0. The third kappa shape index (κ3) is 2.03. The molecule has 1 aliphatic heterocycles. The van der Waals surface area contributed by atoms with Gasteiger partial charge in [0.1, 0.15) is 18.6 Å². The van der Waals surface area contributed by atoms with Crippen LogP contribution in [0.1, 0.15) is 10.4 Å². The maximum Gasteiger partial charge on any atom is 0.244 e. The van der Waals surface area contributed by atoms with Gasteiger partial charge in [-0.3, -0.25) is 9.59 Å². The molecule has 20 heavy (non-hydrogen) atoms. The van der Waals surface area contributed by atoms with Gasteiger partial charge in [-0.1, -0.05) is 12.1 Å². The molecular weight excluding hydrogens is 259 g/mol. The molecule has 0 radical (unpaired) electrons. The Hall–Kier alpha value is -2.69. The van der Waals surface area contributed by atoms with E-state index < -0.39 is 5.82 Å². The summed E-state index contributed by atoms with van der Waals surface area (Å²) in [6.45, 7) is 0.0361. The summed E-state index contributed by atoms with van der Waals surface area (Å²) >= 11 is 0. The summed E-state index contributed by atoms with van der Waals surface area (Å²) in [4.78, 5) is 24.0. The van der Waals surface area contributed by atoms with Crippen LogP contribution in [-0.2, 0) is 4.79 Å². The minimum atomic E-state index is -0.529. The van der Waals surface area contributed by atoms with Crippen LogP contribution < -0.4 is 10.2 Å². The van der Waals surface area contributed by atoms with E-state index in [9.17, 15) is 14.0 Å². The van der Waals surface area contributed by atoms with Gasteiger partial charge in [0.25, 0.3) is 0 Å². The quantitative estimate of drug-likeness (QED) is 0.854. The minimum absolute atomic E-state index is 0.0361. The summed E-state index contributed by atoms with van der Waals surface area (Å²) in [5, 5.41) is 2.74. The van der Waals surface area contributed by atoms with E-state index in [1.807, 2.05) is 12.1 Å². The van der Waals surface area contributed by atoms with E-state index in [0.717, 1.165) is 11.8 Å². The second-order valence-corrected chi connectivity index (χ2v) is 4.48. The Balaban J connectivity index is 2.10. The van der Waals surface area contributed by atoms with Gasteiger partial charge in [-0.15, -0.1) is 0 Å². The lowest BCUT2D eigenvalue weighted by molar-refractivity contribution is -0.115. The average molecular weight is 270 g/mol. The molecule has 0 fully saturated rings. The number of nitrogens with one attached hydrogen (secondary N) is 1. The van der Waals surface area contributed by atoms with Crippen LogP contribution in [0.15, 0.2) is 42.5 Å². The van der Waals surface area contributed by atoms with Gasteiger partial charge in [0.05, 0.1) is 17.1 Å². The summed E-state index contributed by atoms with van der Waals surface area (Å²) in [5.74, 6) is -0.735. The SMILES string of the molecule is O=Cc1ccc(N2CC(=O)Nc3ccccc32)c(F)c1. The molecule has 0 atom stereocenters. The largest absolute Gasteiger partial charge is 0.328 e. The monoisotopic (exact) mass is 270 g/mol. The van der Waals surface area contributed by atoms with Crippen LogP contribution in [0.5, 0.6) is 0 Å². The molecule has 2 aromatic rings. The predicted octanol–water partition coefficient (Wildman–Crippen LogP) is 2.73. The third-order valence-corrected chi connectivity index (χ3v) is 3.17. The van der Waals surface area contributed by atoms with Gasteiger partial charge in [0, 0.05) is 5.56 Å². The lowest BCUT2D eigenvalue weighted by Gasteiger charge is -2.31. The number of nitrogens with zero attached hydrogens (tertiary/aromatic N) is 1. The maximum atomic E-state index is 14.1. The number of carbonyl (C=O) groups excluding carboxylic acids is 2. The van der Waals surface area contributed by atoms with Crippen molar-refractivity contribution < 1.29 is 14.0 Å². The molecule has 1 aliphatic rings. The number of hydrogen-bond acceptors (Lipinski definition) is 3. The van der Waals surface area contributed by atoms with E-state index in [2.05, 4.69) is 5.32 Å². The fourth-order valence-electron chi connectivity index (χ4n) is 2.26. The van der Waals surface area contributed by atoms with Crippen LogP contribution in [0.3, 0.4) is 0 Å². The molecule has 3 rings (SSSR count). The van der Waals surface area contributed by atoms with Crippen molar-refractivity contribution in [1.82, 2.24) is 0 Å². The molecule has 1 heterocycles. The number of rotatable bonds is 2. The second-order valence-electron chi connectivity index (χ2n) is 4.48. The van der Waals surface area contributed by atoms with E-state index in [1.54, 1.807) is 17.0 Å². The minimum Gasteiger partial charge on any atom is -0.328 e. The van der Waals surface area contributed by atoms with Crippen LogP contribution in [0.4, 0.5) is 21.5 Å². The van der Waals surface area contributed by atoms with Gasteiger partial charge in [-0.05, 0) is 30.3 Å². The first-order chi connectivity index (χ1) is 9.69. The highest BCUT2D eigenvalue weighted by atomic mass is 19.1. The van der Waals surface area contributed by atoms with Gasteiger partial charge in [0.2, 0.25) is 5.91 Å². The number of halogens is 1. The van der Waals surface area contributed by atoms with Crippen molar-refractivity contribution in [2.75, 3.05) is 16.8 Å². The normalized spacial score (nSPS) is 13.7. The molecule has 5 heteroatoms. The van der Waals surface area contributed by atoms with E-state index in [4.69, 9.17) is 0 Å². The number of benzene rings is 2. The van der Waals surface area contributed by atoms with Gasteiger partial charge < -0.3 is 10.2 Å². The summed E-state index contributed by atoms with van der Waals surface area (Å²) in [5.41, 5.74) is 1.91. The zero-order chi connectivity index (χ0) is 14.1. The zero-order valence-electron chi connectivity index (χ0n) is 10.5. The molecular formula is C15H11FN2O2. The number of para-hydroxylation sites is 2. The number of hydrogen-bond donors (Lipinski definition) is 1. The Labute approximate surface area is 114 Å². The lowest BCUT2D eigenvalue weighted by Crippen LogP contribution is -2.35. The lowest BCUT2D eigenvalue weighted by atomic mass is 10.1. The fourth-order valence-corrected chi connectivity index (χ4v) is 2.26. The number of anilines is 3. The number of carbonyl (C=O) groups is 2. The topological polar surface area (TPSA) is 49.4 Å². The zero-order valence-corrected chi connectivity index (χ0v) is 10.5. The van der Waals surface area contributed by atoms with E-state index in [0.29, 0.717) is 12.0 Å². The van der Waals surface area contributed by atoms with Crippen LogP contribution in [-0.4, -0.2) is 18.7 Å². The first-order valence-corrected chi connectivity index (χ1v) is 6.10. The van der Waals surface area contributed by atoms with Crippen molar-refractivity contribution in [1.29, 1.82) is 0 Å². The molecule has 0 saturated heterocycles. The molecule has 4 nitrogen and oxygen atoms in total. The van der Waals surface area contributed by atoms with Crippen molar-refractivity contribution in [3.05, 3.63) is 53.8 Å². The molecule has 100 valence electrons. The first kappa shape index (κ1) is 12.3. The van der Waals surface area contributed by atoms with Crippen molar-refractivity contribution in [2.24, 2.45) is 0 Å². The number of amides is 1. The highest BCUT2D eigenvalue weighted by Gasteiger charge is 2.24. The van der Waals surface area contributed by atoms with Crippen molar-refractivity contribution >= 4 is 29.3 Å². The predicted molar refractivity (Wildman–Crippen MR) is 73.9 cm³/mol. The van der Waals surface area contributed by atoms with E-state index in [-0.39, 0.29) is 23.7 Å². The molecule has 0 aromatic heterocycles. The average Bonchev–Trinajstić information content (AvgIpc) is 2.46. The Bertz CT molecular complexity index is 700. The molecule has 2 aromatic carbocycles. The van der Waals surface area contributed by atoms with Gasteiger partial charge >= 0.3 is 0 Å². The summed E-state index contributed by atoms with van der Waals surface area (Å²) < 4.78 is 14.1.